The fourth-order valence-electron chi connectivity index (χ4n) is 5.72. The van der Waals surface area contributed by atoms with Gasteiger partial charge in [-0.1, -0.05) is 32.9 Å². The fraction of sp³-hybridized carbons (Fsp3) is 0.524. The van der Waals surface area contributed by atoms with Gasteiger partial charge in [-0.15, -0.1) is 0 Å². The van der Waals surface area contributed by atoms with Crippen molar-refractivity contribution in [1.82, 2.24) is 15.0 Å². The lowest BCUT2D eigenvalue weighted by atomic mass is 9.65. The molecule has 25 heavy (non-hydrogen) atoms. The molecule has 1 N–H and O–H groups in total. The summed E-state index contributed by atoms with van der Waals surface area (Å²) in [5.74, 6) is 1.09. The number of hydrogen-bond donors (Lipinski definition) is 1. The molecule has 1 aliphatic carbocycles. The topological polar surface area (TPSA) is 44.8 Å². The Morgan fingerprint density at radius 1 is 1.16 bits per heavy atom. The van der Waals surface area contributed by atoms with E-state index < -0.39 is 0 Å². The van der Waals surface area contributed by atoms with Gasteiger partial charge in [-0.2, -0.15) is 0 Å². The normalized spacial score (nSPS) is 28.2. The fourth-order valence-corrected chi connectivity index (χ4v) is 5.72. The molecule has 1 aliphatic heterocycles. The number of benzene rings is 1. The van der Waals surface area contributed by atoms with Crippen LogP contribution in [-0.4, -0.2) is 27.5 Å². The van der Waals surface area contributed by atoms with E-state index in [1.165, 1.54) is 30.2 Å². The summed E-state index contributed by atoms with van der Waals surface area (Å²) in [5, 5.41) is 1.19. The minimum Gasteiger partial charge on any atom is -0.351 e. The van der Waals surface area contributed by atoms with Crippen LogP contribution in [0.2, 0.25) is 0 Å². The minimum atomic E-state index is 0.395. The van der Waals surface area contributed by atoms with Crippen LogP contribution in [0.15, 0.2) is 24.5 Å². The molecule has 1 saturated heterocycles. The van der Waals surface area contributed by atoms with E-state index in [1.807, 2.05) is 0 Å². The molecule has 2 aromatic heterocycles. The summed E-state index contributed by atoms with van der Waals surface area (Å²) >= 11 is 0. The van der Waals surface area contributed by atoms with Gasteiger partial charge in [0.05, 0.1) is 0 Å². The number of anilines is 1. The zero-order valence-corrected chi connectivity index (χ0v) is 15.6. The third-order valence-electron chi connectivity index (χ3n) is 6.20. The minimum absolute atomic E-state index is 0.395. The molecule has 2 bridgehead atoms. The summed E-state index contributed by atoms with van der Waals surface area (Å²) in [6.07, 6.45) is 5.56. The molecular formula is C21H26N4. The molecule has 0 unspecified atom stereocenters. The highest BCUT2D eigenvalue weighted by Crippen LogP contribution is 2.53. The molecule has 4 heteroatoms. The van der Waals surface area contributed by atoms with Crippen LogP contribution in [-0.2, 0) is 0 Å². The summed E-state index contributed by atoms with van der Waals surface area (Å²) in [4.78, 5) is 15.5. The van der Waals surface area contributed by atoms with Gasteiger partial charge in [0, 0.05) is 23.5 Å². The lowest BCUT2D eigenvalue weighted by molar-refractivity contribution is 0.136. The van der Waals surface area contributed by atoms with Gasteiger partial charge in [0.15, 0.2) is 5.82 Å². The van der Waals surface area contributed by atoms with Crippen LogP contribution in [0.5, 0.6) is 0 Å². The molecule has 3 aromatic rings. The van der Waals surface area contributed by atoms with Crippen LogP contribution in [0.25, 0.3) is 21.9 Å². The number of rotatable bonds is 1. The van der Waals surface area contributed by atoms with Crippen LogP contribution in [0, 0.1) is 17.8 Å². The molecule has 130 valence electrons. The maximum atomic E-state index is 4.73. The highest BCUT2D eigenvalue weighted by molar-refractivity contribution is 6.08. The first-order valence-corrected chi connectivity index (χ1v) is 9.33. The molecule has 0 amide bonds. The van der Waals surface area contributed by atoms with E-state index in [9.17, 15) is 0 Å². The molecule has 1 aromatic carbocycles. The zero-order chi connectivity index (χ0) is 17.4. The maximum absolute atomic E-state index is 4.73. The highest BCUT2D eigenvalue weighted by Gasteiger charge is 2.50. The van der Waals surface area contributed by atoms with E-state index in [-0.39, 0.29) is 0 Å². The average Bonchev–Trinajstić information content (AvgIpc) is 2.99. The third-order valence-corrected chi connectivity index (χ3v) is 6.20. The summed E-state index contributed by atoms with van der Waals surface area (Å²) in [6, 6.07) is 7.12. The molecule has 4 nitrogen and oxygen atoms in total. The molecule has 0 spiro atoms. The van der Waals surface area contributed by atoms with Gasteiger partial charge in [-0.3, -0.25) is 0 Å². The predicted molar refractivity (Wildman–Crippen MR) is 103 cm³/mol. The van der Waals surface area contributed by atoms with Crippen molar-refractivity contribution in [3.05, 3.63) is 30.1 Å². The van der Waals surface area contributed by atoms with E-state index in [4.69, 9.17) is 4.98 Å². The monoisotopic (exact) mass is 334 g/mol. The van der Waals surface area contributed by atoms with Gasteiger partial charge in [0.1, 0.15) is 17.4 Å². The van der Waals surface area contributed by atoms with Crippen LogP contribution in [0.3, 0.4) is 0 Å². The number of H-pyrrole nitrogens is 1. The summed E-state index contributed by atoms with van der Waals surface area (Å²) in [5.41, 5.74) is 5.37. The first kappa shape index (κ1) is 15.2. The lowest BCUT2D eigenvalue weighted by Gasteiger charge is -2.39. The third kappa shape index (κ3) is 2.26. The molecule has 1 saturated carbocycles. The van der Waals surface area contributed by atoms with Crippen LogP contribution >= 0.6 is 0 Å². The highest BCUT2D eigenvalue weighted by atomic mass is 15.3. The van der Waals surface area contributed by atoms with E-state index >= 15 is 0 Å². The molecule has 5 rings (SSSR count). The van der Waals surface area contributed by atoms with Crippen LogP contribution < -0.4 is 4.90 Å². The van der Waals surface area contributed by atoms with Crippen molar-refractivity contribution in [2.24, 2.45) is 10.8 Å². The smallest absolute Gasteiger partial charge is 0.156 e. The Morgan fingerprint density at radius 2 is 2.00 bits per heavy atom. The summed E-state index contributed by atoms with van der Waals surface area (Å²) < 4.78 is 0. The Morgan fingerprint density at radius 3 is 2.84 bits per heavy atom. The second-order valence-electron chi connectivity index (χ2n) is 9.44. The van der Waals surface area contributed by atoms with Gasteiger partial charge in [0.25, 0.3) is 0 Å². The Bertz CT molecular complexity index is 986. The van der Waals surface area contributed by atoms with E-state index in [0.717, 1.165) is 28.9 Å². The van der Waals surface area contributed by atoms with E-state index in [0.29, 0.717) is 16.9 Å². The SMILES string of the molecule is Cc1ccc2c(c1)[nH]c1c(N3C[C@@]4(C)C[C@H]3CC(C)(C)C4)ncnc12. The van der Waals surface area contributed by atoms with Crippen molar-refractivity contribution in [2.75, 3.05) is 11.4 Å². The van der Waals surface area contributed by atoms with Crippen molar-refractivity contribution in [3.8, 4) is 0 Å². The van der Waals surface area contributed by atoms with Crippen molar-refractivity contribution < 1.29 is 0 Å². The summed E-state index contributed by atoms with van der Waals surface area (Å²) in [6.45, 7) is 10.5. The Balaban J connectivity index is 1.67. The number of aromatic amines is 1. The Labute approximate surface area is 148 Å². The van der Waals surface area contributed by atoms with Gasteiger partial charge in [-0.25, -0.2) is 9.97 Å². The molecule has 2 atom stereocenters. The number of nitrogens with one attached hydrogen (secondary N) is 1. The van der Waals surface area contributed by atoms with Crippen molar-refractivity contribution in [2.45, 2.75) is 53.0 Å². The first-order valence-electron chi connectivity index (χ1n) is 9.33. The number of hydrogen-bond acceptors (Lipinski definition) is 3. The predicted octanol–water partition coefficient (Wildman–Crippen LogP) is 4.82. The largest absolute Gasteiger partial charge is 0.351 e. The Hall–Kier alpha value is -2.10. The first-order chi connectivity index (χ1) is 11.8. The number of aryl methyl sites for hydroxylation is 1. The van der Waals surface area contributed by atoms with E-state index in [2.05, 4.69) is 60.8 Å². The van der Waals surface area contributed by atoms with Gasteiger partial charge < -0.3 is 9.88 Å². The molecule has 0 radical (unpaired) electrons. The number of aromatic nitrogens is 3. The molecular weight excluding hydrogens is 308 g/mol. The van der Waals surface area contributed by atoms with Crippen LogP contribution in [0.4, 0.5) is 5.82 Å². The second kappa shape index (κ2) is 4.75. The van der Waals surface area contributed by atoms with Gasteiger partial charge in [0.2, 0.25) is 0 Å². The van der Waals surface area contributed by atoms with Crippen molar-refractivity contribution >= 4 is 27.8 Å². The van der Waals surface area contributed by atoms with Crippen LogP contribution in [0.1, 0.15) is 45.6 Å². The number of nitrogens with zero attached hydrogens (tertiary/aromatic N) is 3. The zero-order valence-electron chi connectivity index (χ0n) is 15.6. The summed E-state index contributed by atoms with van der Waals surface area (Å²) in [7, 11) is 0. The van der Waals surface area contributed by atoms with Crippen molar-refractivity contribution in [3.63, 3.8) is 0 Å². The molecule has 2 aliphatic rings. The average molecular weight is 334 g/mol. The lowest BCUT2D eigenvalue weighted by Crippen LogP contribution is -2.35. The Kier molecular flexibility index (Phi) is 2.88. The standard InChI is InChI=1S/C21H26N4/c1-13-5-6-15-16(7-13)24-18-17(15)22-12-23-19(18)25-11-21(4)9-14(25)8-20(2,3)10-21/h5-7,12,14,24H,8-11H2,1-4H3/t14-,21+/m1/s1. The van der Waals surface area contributed by atoms with Gasteiger partial charge >= 0.3 is 0 Å². The maximum Gasteiger partial charge on any atom is 0.156 e. The van der Waals surface area contributed by atoms with Gasteiger partial charge in [-0.05, 0) is 48.6 Å². The molecule has 3 heterocycles. The second-order valence-corrected chi connectivity index (χ2v) is 9.44. The quantitative estimate of drug-likeness (QED) is 0.693. The number of fused-ring (bicyclic) bond motifs is 5. The van der Waals surface area contributed by atoms with E-state index in [1.54, 1.807) is 6.33 Å². The van der Waals surface area contributed by atoms with Crippen molar-refractivity contribution in [1.29, 1.82) is 0 Å². The molecule has 2 fully saturated rings.